The highest BCUT2D eigenvalue weighted by Crippen LogP contribution is 2.00. The fourth-order valence-electron chi connectivity index (χ4n) is 0.811. The lowest BCUT2D eigenvalue weighted by molar-refractivity contribution is 0.795. The molecule has 0 aliphatic rings. The summed E-state index contributed by atoms with van der Waals surface area (Å²) in [6.45, 7) is 0.769. The van der Waals surface area contributed by atoms with Crippen LogP contribution in [-0.4, -0.2) is 16.6 Å². The summed E-state index contributed by atoms with van der Waals surface area (Å²) >= 11 is 0. The molecule has 4 heteroatoms. The van der Waals surface area contributed by atoms with Gasteiger partial charge in [0.1, 0.15) is 0 Å². The number of hydrogen-bond donors (Lipinski definition) is 2. The molecule has 1 rings (SSSR count). The van der Waals surface area contributed by atoms with Gasteiger partial charge in [0.05, 0.1) is 5.69 Å². The standard InChI is InChI=1S/C6H12N4/c1-8-3-5-4-10(2)6(7)9-5/h4,8H,3H2,1-2H3,(H2,7,9). The molecule has 0 amide bonds. The zero-order valence-corrected chi connectivity index (χ0v) is 6.26. The number of nitrogen functional groups attached to an aromatic ring is 1. The molecule has 0 aliphatic carbocycles. The molecule has 0 saturated heterocycles. The van der Waals surface area contributed by atoms with Crippen LogP contribution in [0.3, 0.4) is 0 Å². The fraction of sp³-hybridized carbons (Fsp3) is 0.500. The van der Waals surface area contributed by atoms with Crippen LogP contribution in [0.5, 0.6) is 0 Å². The molecular formula is C6H12N4. The normalized spacial score (nSPS) is 10.2. The van der Waals surface area contributed by atoms with Gasteiger partial charge in [0, 0.05) is 19.8 Å². The molecule has 1 heterocycles. The van der Waals surface area contributed by atoms with E-state index in [-0.39, 0.29) is 0 Å². The number of aromatic nitrogens is 2. The van der Waals surface area contributed by atoms with Crippen molar-refractivity contribution < 1.29 is 0 Å². The van der Waals surface area contributed by atoms with Crippen molar-refractivity contribution in [3.8, 4) is 0 Å². The lowest BCUT2D eigenvalue weighted by Gasteiger charge is -1.89. The molecule has 0 atom stereocenters. The predicted molar refractivity (Wildman–Crippen MR) is 40.4 cm³/mol. The van der Waals surface area contributed by atoms with Crippen molar-refractivity contribution in [2.75, 3.05) is 12.8 Å². The summed E-state index contributed by atoms with van der Waals surface area (Å²) in [6, 6.07) is 0. The maximum atomic E-state index is 5.49. The monoisotopic (exact) mass is 140 g/mol. The van der Waals surface area contributed by atoms with Crippen molar-refractivity contribution >= 4 is 5.95 Å². The minimum absolute atomic E-state index is 0.560. The van der Waals surface area contributed by atoms with Gasteiger partial charge in [0.25, 0.3) is 0 Å². The minimum atomic E-state index is 0.560. The number of rotatable bonds is 2. The van der Waals surface area contributed by atoms with Gasteiger partial charge in [-0.05, 0) is 7.05 Å². The predicted octanol–water partition coefficient (Wildman–Crippen LogP) is -0.278. The molecule has 0 fully saturated rings. The zero-order valence-electron chi connectivity index (χ0n) is 6.26. The Morgan fingerprint density at radius 3 is 2.90 bits per heavy atom. The highest BCUT2D eigenvalue weighted by atomic mass is 15.1. The quantitative estimate of drug-likeness (QED) is 0.594. The molecule has 0 aromatic carbocycles. The third-order valence-electron chi connectivity index (χ3n) is 1.32. The van der Waals surface area contributed by atoms with Gasteiger partial charge in [0.15, 0.2) is 5.95 Å². The first-order valence-corrected chi connectivity index (χ1v) is 3.16. The molecule has 1 aromatic rings. The Balaban J connectivity index is 2.77. The third-order valence-corrected chi connectivity index (χ3v) is 1.32. The van der Waals surface area contributed by atoms with Crippen molar-refractivity contribution in [3.05, 3.63) is 11.9 Å². The summed E-state index contributed by atoms with van der Waals surface area (Å²) in [5.41, 5.74) is 6.47. The maximum absolute atomic E-state index is 5.49. The van der Waals surface area contributed by atoms with Crippen molar-refractivity contribution in [2.45, 2.75) is 6.54 Å². The Bertz CT molecular complexity index is 196. The highest BCUT2D eigenvalue weighted by Gasteiger charge is 1.98. The highest BCUT2D eigenvalue weighted by molar-refractivity contribution is 5.20. The van der Waals surface area contributed by atoms with Crippen LogP contribution in [0.4, 0.5) is 5.95 Å². The molecule has 0 bridgehead atoms. The van der Waals surface area contributed by atoms with Crippen LogP contribution in [0.2, 0.25) is 0 Å². The van der Waals surface area contributed by atoms with Crippen LogP contribution in [0.1, 0.15) is 5.69 Å². The smallest absolute Gasteiger partial charge is 0.200 e. The summed E-state index contributed by atoms with van der Waals surface area (Å²) in [5.74, 6) is 0.560. The van der Waals surface area contributed by atoms with Gasteiger partial charge in [-0.2, -0.15) is 0 Å². The van der Waals surface area contributed by atoms with E-state index in [1.54, 1.807) is 4.57 Å². The van der Waals surface area contributed by atoms with E-state index in [4.69, 9.17) is 5.73 Å². The Morgan fingerprint density at radius 2 is 2.50 bits per heavy atom. The van der Waals surface area contributed by atoms with Crippen molar-refractivity contribution in [1.82, 2.24) is 14.9 Å². The maximum Gasteiger partial charge on any atom is 0.200 e. The van der Waals surface area contributed by atoms with Gasteiger partial charge in [-0.1, -0.05) is 0 Å². The summed E-state index contributed by atoms with van der Waals surface area (Å²) in [5, 5.41) is 2.99. The third kappa shape index (κ3) is 1.27. The van der Waals surface area contributed by atoms with E-state index in [0.717, 1.165) is 12.2 Å². The van der Waals surface area contributed by atoms with Crippen LogP contribution in [0, 0.1) is 0 Å². The van der Waals surface area contributed by atoms with E-state index in [2.05, 4.69) is 10.3 Å². The van der Waals surface area contributed by atoms with Gasteiger partial charge in [-0.15, -0.1) is 0 Å². The molecule has 0 aliphatic heterocycles. The second-order valence-electron chi connectivity index (χ2n) is 2.23. The number of imidazole rings is 1. The average molecular weight is 140 g/mol. The largest absolute Gasteiger partial charge is 0.369 e. The van der Waals surface area contributed by atoms with Crippen LogP contribution < -0.4 is 11.1 Å². The van der Waals surface area contributed by atoms with Crippen LogP contribution in [0.25, 0.3) is 0 Å². The summed E-state index contributed by atoms with van der Waals surface area (Å²) in [6.07, 6.45) is 1.91. The first-order valence-electron chi connectivity index (χ1n) is 3.16. The number of hydrogen-bond acceptors (Lipinski definition) is 3. The Morgan fingerprint density at radius 1 is 1.80 bits per heavy atom. The molecule has 4 nitrogen and oxygen atoms in total. The molecule has 1 aromatic heterocycles. The average Bonchev–Trinajstić information content (AvgIpc) is 2.14. The van der Waals surface area contributed by atoms with E-state index >= 15 is 0 Å². The minimum Gasteiger partial charge on any atom is -0.369 e. The van der Waals surface area contributed by atoms with Gasteiger partial charge >= 0.3 is 0 Å². The van der Waals surface area contributed by atoms with Crippen LogP contribution in [-0.2, 0) is 13.6 Å². The summed E-state index contributed by atoms with van der Waals surface area (Å²) < 4.78 is 1.80. The van der Waals surface area contributed by atoms with Crippen molar-refractivity contribution in [2.24, 2.45) is 7.05 Å². The van der Waals surface area contributed by atoms with E-state index < -0.39 is 0 Å². The lowest BCUT2D eigenvalue weighted by Crippen LogP contribution is -2.05. The number of anilines is 1. The molecule has 56 valence electrons. The molecule has 0 unspecified atom stereocenters. The summed E-state index contributed by atoms with van der Waals surface area (Å²) in [7, 11) is 3.76. The number of nitrogens with zero attached hydrogens (tertiary/aromatic N) is 2. The summed E-state index contributed by atoms with van der Waals surface area (Å²) in [4.78, 5) is 4.08. The van der Waals surface area contributed by atoms with Crippen molar-refractivity contribution in [3.63, 3.8) is 0 Å². The number of nitrogens with two attached hydrogens (primary N) is 1. The Hall–Kier alpha value is -1.03. The number of nitrogens with one attached hydrogen (secondary N) is 1. The second kappa shape index (κ2) is 2.70. The molecule has 0 radical (unpaired) electrons. The lowest BCUT2D eigenvalue weighted by atomic mass is 10.5. The second-order valence-corrected chi connectivity index (χ2v) is 2.23. The number of aryl methyl sites for hydroxylation is 1. The van der Waals surface area contributed by atoms with Gasteiger partial charge in [0.2, 0.25) is 0 Å². The molecule has 3 N–H and O–H groups in total. The Labute approximate surface area is 60.1 Å². The van der Waals surface area contributed by atoms with Gasteiger partial charge < -0.3 is 15.6 Å². The molecule has 0 spiro atoms. The molecule has 10 heavy (non-hydrogen) atoms. The first kappa shape index (κ1) is 7.08. The van der Waals surface area contributed by atoms with E-state index in [1.807, 2.05) is 20.3 Å². The molecular weight excluding hydrogens is 128 g/mol. The zero-order chi connectivity index (χ0) is 7.56. The van der Waals surface area contributed by atoms with Gasteiger partial charge in [-0.3, -0.25) is 0 Å². The van der Waals surface area contributed by atoms with E-state index in [1.165, 1.54) is 0 Å². The fourth-order valence-corrected chi connectivity index (χ4v) is 0.811. The van der Waals surface area contributed by atoms with Crippen molar-refractivity contribution in [1.29, 1.82) is 0 Å². The van der Waals surface area contributed by atoms with Gasteiger partial charge in [-0.25, -0.2) is 4.98 Å². The first-order chi connectivity index (χ1) is 4.74. The Kier molecular flexibility index (Phi) is 1.91. The van der Waals surface area contributed by atoms with Crippen LogP contribution >= 0.6 is 0 Å². The topological polar surface area (TPSA) is 55.9 Å². The van der Waals surface area contributed by atoms with Crippen LogP contribution in [0.15, 0.2) is 6.20 Å². The van der Waals surface area contributed by atoms with E-state index in [0.29, 0.717) is 5.95 Å². The molecule has 0 saturated carbocycles. The SMILES string of the molecule is CNCc1cn(C)c(N)n1. The van der Waals surface area contributed by atoms with E-state index in [9.17, 15) is 0 Å².